The molecule has 3 aliphatic rings. The van der Waals surface area contributed by atoms with Gasteiger partial charge in [-0.15, -0.1) is 0 Å². The fraction of sp³-hybridized carbons (Fsp3) is 0.542. The van der Waals surface area contributed by atoms with Crippen molar-refractivity contribution in [2.75, 3.05) is 40.4 Å². The minimum absolute atomic E-state index is 0.0167. The minimum Gasteiger partial charge on any atom is -0.493 e. The van der Waals surface area contributed by atoms with Gasteiger partial charge in [0.15, 0.2) is 11.5 Å². The molecule has 1 atom stereocenters. The molecule has 168 valence electrons. The van der Waals surface area contributed by atoms with Gasteiger partial charge in [0.05, 0.1) is 20.8 Å². The average Bonchev–Trinajstić information content (AvgIpc) is 3.21. The van der Waals surface area contributed by atoms with E-state index in [9.17, 15) is 4.79 Å². The first-order valence-electron chi connectivity index (χ1n) is 11.0. The smallest absolute Gasteiger partial charge is 0.410 e. The predicted molar refractivity (Wildman–Crippen MR) is 117 cm³/mol. The molecule has 31 heavy (non-hydrogen) atoms. The largest absolute Gasteiger partial charge is 0.493 e. The number of aryl methyl sites for hydroxylation is 1. The van der Waals surface area contributed by atoms with Crippen LogP contribution >= 0.6 is 0 Å². The summed E-state index contributed by atoms with van der Waals surface area (Å²) in [4.78, 5) is 17.3. The number of nitrogens with zero attached hydrogens (tertiary/aromatic N) is 2. The molecule has 0 saturated carbocycles. The van der Waals surface area contributed by atoms with Gasteiger partial charge in [-0.05, 0) is 75.0 Å². The number of methoxy groups -OCH3 is 2. The first kappa shape index (κ1) is 21.6. The van der Waals surface area contributed by atoms with E-state index in [0.717, 1.165) is 49.6 Å². The molecule has 1 aromatic carbocycles. The van der Waals surface area contributed by atoms with Crippen molar-refractivity contribution in [3.05, 3.63) is 47.4 Å². The van der Waals surface area contributed by atoms with Gasteiger partial charge in [0.2, 0.25) is 0 Å². The number of carbonyl (C=O) groups excluding carboxylic acids is 1. The third-order valence-corrected chi connectivity index (χ3v) is 6.37. The zero-order valence-electron chi connectivity index (χ0n) is 18.6. The van der Waals surface area contributed by atoms with Gasteiger partial charge in [-0.3, -0.25) is 4.90 Å². The molecule has 3 saturated heterocycles. The van der Waals surface area contributed by atoms with Gasteiger partial charge >= 0.3 is 6.09 Å². The van der Waals surface area contributed by atoms with Crippen LogP contribution in [0.4, 0.5) is 4.79 Å². The Bertz CT molecular complexity index is 888. The third-order valence-electron chi connectivity index (χ3n) is 6.37. The summed E-state index contributed by atoms with van der Waals surface area (Å²) < 4.78 is 22.5. The lowest BCUT2D eigenvalue weighted by Crippen LogP contribution is -2.53. The van der Waals surface area contributed by atoms with Crippen LogP contribution in [-0.4, -0.2) is 62.4 Å². The quantitative estimate of drug-likeness (QED) is 0.636. The summed E-state index contributed by atoms with van der Waals surface area (Å²) >= 11 is 0. The van der Waals surface area contributed by atoms with Crippen LogP contribution < -0.4 is 9.47 Å². The standard InChI is InChI=1S/C24H32N2O5/c1-17-4-6-20(30-17)15-26(13-8-18-5-7-21(28-2)22(14-18)29-3)24(27)31-23-16-25-11-9-19(23)10-12-25/h4-7,14,19,23H,8-13,15-16H2,1-3H3/t23-/m0/s1. The molecule has 2 aromatic rings. The molecule has 0 aliphatic carbocycles. The van der Waals surface area contributed by atoms with Gasteiger partial charge in [0.1, 0.15) is 17.6 Å². The van der Waals surface area contributed by atoms with Crippen LogP contribution in [0.25, 0.3) is 0 Å². The van der Waals surface area contributed by atoms with E-state index < -0.39 is 0 Å². The monoisotopic (exact) mass is 428 g/mol. The Balaban J connectivity index is 1.44. The number of rotatable bonds is 8. The average molecular weight is 429 g/mol. The predicted octanol–water partition coefficient (Wildman–Crippen LogP) is 3.88. The second-order valence-corrected chi connectivity index (χ2v) is 8.43. The lowest BCUT2D eigenvalue weighted by molar-refractivity contribution is -0.0446. The number of hydrogen-bond acceptors (Lipinski definition) is 6. The molecule has 4 heterocycles. The highest BCUT2D eigenvalue weighted by Gasteiger charge is 2.37. The maximum absolute atomic E-state index is 13.1. The summed E-state index contributed by atoms with van der Waals surface area (Å²) in [6.45, 7) is 5.90. The molecule has 0 unspecified atom stereocenters. The summed E-state index contributed by atoms with van der Waals surface area (Å²) in [6, 6.07) is 9.67. The molecule has 0 N–H and O–H groups in total. The highest BCUT2D eigenvalue weighted by Crippen LogP contribution is 2.30. The highest BCUT2D eigenvalue weighted by atomic mass is 16.6. The summed E-state index contributed by atoms with van der Waals surface area (Å²) in [6.07, 6.45) is 2.61. The van der Waals surface area contributed by atoms with Gasteiger partial charge in [-0.25, -0.2) is 4.79 Å². The summed E-state index contributed by atoms with van der Waals surface area (Å²) in [5, 5.41) is 0. The summed E-state index contributed by atoms with van der Waals surface area (Å²) in [7, 11) is 3.24. The lowest BCUT2D eigenvalue weighted by atomic mass is 9.86. The molecule has 0 spiro atoms. The fourth-order valence-electron chi connectivity index (χ4n) is 4.54. The number of benzene rings is 1. The van der Waals surface area contributed by atoms with Crippen molar-refractivity contribution >= 4 is 6.09 Å². The van der Waals surface area contributed by atoms with E-state index in [1.54, 1.807) is 19.1 Å². The van der Waals surface area contributed by atoms with Crippen LogP contribution in [0.3, 0.4) is 0 Å². The second-order valence-electron chi connectivity index (χ2n) is 8.43. The Morgan fingerprint density at radius 2 is 1.90 bits per heavy atom. The summed E-state index contributed by atoms with van der Waals surface area (Å²) in [5.74, 6) is 3.45. The Hall–Kier alpha value is -2.67. The normalized spacial score (nSPS) is 22.2. The molecular weight excluding hydrogens is 396 g/mol. The van der Waals surface area contributed by atoms with Crippen LogP contribution in [0.5, 0.6) is 11.5 Å². The van der Waals surface area contributed by atoms with Crippen molar-refractivity contribution < 1.29 is 23.4 Å². The molecule has 1 aromatic heterocycles. The van der Waals surface area contributed by atoms with Crippen molar-refractivity contribution in [3.8, 4) is 11.5 Å². The Labute approximate surface area is 183 Å². The second kappa shape index (κ2) is 9.64. The molecule has 7 heteroatoms. The summed E-state index contributed by atoms with van der Waals surface area (Å²) in [5.41, 5.74) is 1.06. The van der Waals surface area contributed by atoms with Gasteiger partial charge in [0, 0.05) is 13.1 Å². The molecule has 3 fully saturated rings. The van der Waals surface area contributed by atoms with E-state index in [0.29, 0.717) is 36.9 Å². The van der Waals surface area contributed by atoms with Crippen LogP contribution in [0.2, 0.25) is 0 Å². The molecule has 7 nitrogen and oxygen atoms in total. The topological polar surface area (TPSA) is 64.4 Å². The van der Waals surface area contributed by atoms with Gasteiger partial charge in [-0.2, -0.15) is 0 Å². The van der Waals surface area contributed by atoms with Crippen LogP contribution in [-0.2, 0) is 17.7 Å². The van der Waals surface area contributed by atoms with E-state index in [2.05, 4.69) is 4.90 Å². The van der Waals surface area contributed by atoms with Gasteiger partial charge < -0.3 is 23.5 Å². The molecule has 5 rings (SSSR count). The molecule has 2 bridgehead atoms. The van der Waals surface area contributed by atoms with E-state index in [1.165, 1.54) is 0 Å². The van der Waals surface area contributed by atoms with Gasteiger partial charge in [-0.1, -0.05) is 6.07 Å². The van der Waals surface area contributed by atoms with E-state index in [-0.39, 0.29) is 12.2 Å². The maximum Gasteiger partial charge on any atom is 0.410 e. The number of amides is 1. The number of carbonyl (C=O) groups is 1. The SMILES string of the molecule is COc1ccc(CCN(Cc2ccc(C)o2)C(=O)O[C@H]2CN3CCC2CC3)cc1OC. The van der Waals surface area contributed by atoms with Crippen molar-refractivity contribution in [1.29, 1.82) is 0 Å². The van der Waals surface area contributed by atoms with E-state index in [1.807, 2.05) is 37.3 Å². The third kappa shape index (κ3) is 5.15. The first-order valence-corrected chi connectivity index (χ1v) is 11.0. The van der Waals surface area contributed by atoms with E-state index >= 15 is 0 Å². The Morgan fingerprint density at radius 1 is 1.13 bits per heavy atom. The number of fused-ring (bicyclic) bond motifs is 3. The zero-order chi connectivity index (χ0) is 21.8. The first-order chi connectivity index (χ1) is 15.1. The molecular formula is C24H32N2O5. The highest BCUT2D eigenvalue weighted by molar-refractivity contribution is 5.68. The number of piperidine rings is 3. The number of furan rings is 1. The number of hydrogen-bond donors (Lipinski definition) is 0. The Morgan fingerprint density at radius 3 is 2.52 bits per heavy atom. The zero-order valence-corrected chi connectivity index (χ0v) is 18.6. The molecule has 3 aliphatic heterocycles. The van der Waals surface area contributed by atoms with Gasteiger partial charge in [0.25, 0.3) is 0 Å². The van der Waals surface area contributed by atoms with E-state index in [4.69, 9.17) is 18.6 Å². The van der Waals surface area contributed by atoms with Crippen LogP contribution in [0, 0.1) is 12.8 Å². The number of ether oxygens (including phenoxy) is 3. The van der Waals surface area contributed by atoms with Crippen LogP contribution in [0.15, 0.2) is 34.7 Å². The van der Waals surface area contributed by atoms with Crippen molar-refractivity contribution in [1.82, 2.24) is 9.80 Å². The lowest BCUT2D eigenvalue weighted by Gasteiger charge is -2.44. The molecule has 1 amide bonds. The fourth-order valence-corrected chi connectivity index (χ4v) is 4.54. The Kier molecular flexibility index (Phi) is 6.70. The van der Waals surface area contributed by atoms with Crippen molar-refractivity contribution in [2.24, 2.45) is 5.92 Å². The van der Waals surface area contributed by atoms with Crippen LogP contribution in [0.1, 0.15) is 29.9 Å². The minimum atomic E-state index is -0.270. The van der Waals surface area contributed by atoms with Crippen molar-refractivity contribution in [3.63, 3.8) is 0 Å². The maximum atomic E-state index is 13.1. The molecule has 0 radical (unpaired) electrons. The van der Waals surface area contributed by atoms with Crippen molar-refractivity contribution in [2.45, 2.75) is 38.8 Å².